The summed E-state index contributed by atoms with van der Waals surface area (Å²) in [7, 11) is -3.72. The molecular formula is C17H24N2O6S. The van der Waals surface area contributed by atoms with Crippen molar-refractivity contribution in [2.45, 2.75) is 44.7 Å². The summed E-state index contributed by atoms with van der Waals surface area (Å²) in [6.07, 6.45) is 0.0968. The van der Waals surface area contributed by atoms with E-state index in [-0.39, 0.29) is 19.6 Å². The number of nitrogens with zero attached hydrogens (tertiary/aromatic N) is 2. The van der Waals surface area contributed by atoms with Crippen molar-refractivity contribution in [3.8, 4) is 0 Å². The highest BCUT2D eigenvalue weighted by Crippen LogP contribution is 2.28. The number of hydrogen-bond acceptors (Lipinski definition) is 6. The molecule has 144 valence electrons. The molecule has 1 unspecified atom stereocenters. The Bertz CT molecular complexity index is 766. The van der Waals surface area contributed by atoms with Crippen LogP contribution in [0.25, 0.3) is 0 Å². The van der Waals surface area contributed by atoms with Crippen LogP contribution in [-0.2, 0) is 37.3 Å². The Morgan fingerprint density at radius 3 is 2.69 bits per heavy atom. The second-order valence-electron chi connectivity index (χ2n) is 7.05. The fraction of sp³-hybridized carbons (Fsp3) is 0.588. The molecule has 1 aromatic rings. The first-order valence-corrected chi connectivity index (χ1v) is 10.1. The lowest BCUT2D eigenvalue weighted by Gasteiger charge is -2.32. The van der Waals surface area contributed by atoms with E-state index in [1.165, 1.54) is 4.31 Å². The Balaban J connectivity index is 1.76. The van der Waals surface area contributed by atoms with Gasteiger partial charge in [-0.2, -0.15) is 4.31 Å². The van der Waals surface area contributed by atoms with E-state index in [0.29, 0.717) is 18.0 Å². The van der Waals surface area contributed by atoms with Gasteiger partial charge in [-0.05, 0) is 31.4 Å². The summed E-state index contributed by atoms with van der Waals surface area (Å²) in [5.41, 5.74) is 2.11. The molecule has 2 atom stereocenters. The molecule has 0 radical (unpaired) electrons. The highest BCUT2D eigenvalue weighted by molar-refractivity contribution is 7.89. The maximum atomic E-state index is 12.9. The minimum atomic E-state index is -3.72. The van der Waals surface area contributed by atoms with Crippen LogP contribution in [0.5, 0.6) is 0 Å². The van der Waals surface area contributed by atoms with E-state index in [4.69, 9.17) is 9.47 Å². The largest absolute Gasteiger partial charge is 0.348 e. The molecule has 9 heteroatoms. The Morgan fingerprint density at radius 1 is 1.38 bits per heavy atom. The molecular weight excluding hydrogens is 360 g/mol. The van der Waals surface area contributed by atoms with Gasteiger partial charge in [0.25, 0.3) is 0 Å². The Hall–Kier alpha value is -1.52. The van der Waals surface area contributed by atoms with Crippen molar-refractivity contribution in [2.24, 2.45) is 0 Å². The topological polar surface area (TPSA) is 96.4 Å². The summed E-state index contributed by atoms with van der Waals surface area (Å²) in [6.45, 7) is 4.14. The van der Waals surface area contributed by atoms with Crippen LogP contribution in [0.15, 0.2) is 24.3 Å². The molecule has 3 rings (SSSR count). The van der Waals surface area contributed by atoms with Gasteiger partial charge in [0.1, 0.15) is 12.1 Å². The Labute approximate surface area is 153 Å². The van der Waals surface area contributed by atoms with Crippen LogP contribution in [0.2, 0.25) is 0 Å². The minimum Gasteiger partial charge on any atom is -0.348 e. The second kappa shape index (κ2) is 7.24. The molecule has 0 aromatic heterocycles. The van der Waals surface area contributed by atoms with Gasteiger partial charge in [-0.25, -0.2) is 13.5 Å². The van der Waals surface area contributed by atoms with Gasteiger partial charge >= 0.3 is 0 Å². The summed E-state index contributed by atoms with van der Waals surface area (Å²) >= 11 is 0. The second-order valence-corrected chi connectivity index (χ2v) is 9.06. The number of amides is 1. The lowest BCUT2D eigenvalue weighted by molar-refractivity contribution is -0.182. The van der Waals surface area contributed by atoms with Gasteiger partial charge in [0.2, 0.25) is 16.4 Å². The number of carbonyl (C=O) groups is 1. The molecule has 2 aliphatic rings. The molecule has 1 saturated heterocycles. The third-order valence-electron chi connectivity index (χ3n) is 4.78. The van der Waals surface area contributed by atoms with Gasteiger partial charge in [0.05, 0.1) is 12.4 Å². The highest BCUT2D eigenvalue weighted by atomic mass is 32.2. The van der Waals surface area contributed by atoms with E-state index in [2.05, 4.69) is 0 Å². The van der Waals surface area contributed by atoms with Crippen LogP contribution in [0.1, 0.15) is 25.0 Å². The maximum Gasteiger partial charge on any atom is 0.233 e. The molecule has 0 spiro atoms. The molecule has 0 saturated carbocycles. The monoisotopic (exact) mass is 384 g/mol. The maximum absolute atomic E-state index is 12.9. The van der Waals surface area contributed by atoms with Crippen LogP contribution in [-0.4, -0.2) is 66.2 Å². The van der Waals surface area contributed by atoms with Crippen molar-refractivity contribution >= 4 is 16.4 Å². The summed E-state index contributed by atoms with van der Waals surface area (Å²) in [6, 6.07) is 6.68. The predicted molar refractivity (Wildman–Crippen MR) is 92.7 cm³/mol. The number of carbonyl (C=O) groups excluding carboxylic acids is 1. The van der Waals surface area contributed by atoms with Crippen molar-refractivity contribution in [3.05, 3.63) is 35.4 Å². The zero-order valence-electron chi connectivity index (χ0n) is 14.9. The van der Waals surface area contributed by atoms with Gasteiger partial charge in [-0.3, -0.25) is 10.0 Å². The average molecular weight is 384 g/mol. The third-order valence-corrected chi connectivity index (χ3v) is 6.64. The van der Waals surface area contributed by atoms with Gasteiger partial charge in [0.15, 0.2) is 5.79 Å². The number of ether oxygens (including phenoxy) is 2. The summed E-state index contributed by atoms with van der Waals surface area (Å²) in [5, 5.41) is 10.3. The average Bonchev–Trinajstić information content (AvgIpc) is 2.98. The van der Waals surface area contributed by atoms with Crippen molar-refractivity contribution in [1.29, 1.82) is 0 Å². The molecule has 2 aliphatic heterocycles. The SMILES string of the molecule is CC1(C)OC[C@H](C(CS(=O)(=O)N2CCc3ccccc3C2)N(O)C=O)O1. The standard InChI is InChI=1S/C17H24N2O6S/c1-17(2)24-10-16(25-17)15(19(21)12-20)11-26(22,23)18-8-7-13-5-3-4-6-14(13)9-18/h3-6,12,15-16,21H,7-11H2,1-2H3/t15?,16-/m1/s1. The zero-order chi connectivity index (χ0) is 18.9. The normalized spacial score (nSPS) is 24.0. The van der Waals surface area contributed by atoms with Gasteiger partial charge in [-0.15, -0.1) is 0 Å². The van der Waals surface area contributed by atoms with Crippen LogP contribution < -0.4 is 0 Å². The molecule has 1 amide bonds. The lowest BCUT2D eigenvalue weighted by Crippen LogP contribution is -2.50. The first kappa shape index (κ1) is 19.2. The molecule has 0 bridgehead atoms. The van der Waals surface area contributed by atoms with Crippen molar-refractivity contribution in [1.82, 2.24) is 9.37 Å². The Kier molecular flexibility index (Phi) is 5.36. The van der Waals surface area contributed by atoms with E-state index in [1.54, 1.807) is 13.8 Å². The number of hydroxylamine groups is 2. The predicted octanol–water partition coefficient (Wildman–Crippen LogP) is 0.742. The minimum absolute atomic E-state index is 0.0981. The van der Waals surface area contributed by atoms with Gasteiger partial charge in [-0.1, -0.05) is 24.3 Å². The molecule has 2 heterocycles. The lowest BCUT2D eigenvalue weighted by atomic mass is 10.0. The van der Waals surface area contributed by atoms with Crippen LogP contribution in [0.4, 0.5) is 0 Å². The number of fused-ring (bicyclic) bond motifs is 1. The fourth-order valence-corrected chi connectivity index (χ4v) is 5.08. The Morgan fingerprint density at radius 2 is 2.08 bits per heavy atom. The zero-order valence-corrected chi connectivity index (χ0v) is 15.7. The van der Waals surface area contributed by atoms with Crippen LogP contribution in [0, 0.1) is 0 Å². The van der Waals surface area contributed by atoms with Crippen LogP contribution >= 0.6 is 0 Å². The number of rotatable bonds is 6. The quantitative estimate of drug-likeness (QED) is 0.442. The molecule has 1 N–H and O–H groups in total. The highest BCUT2D eigenvalue weighted by Gasteiger charge is 2.43. The smallest absolute Gasteiger partial charge is 0.233 e. The first-order valence-electron chi connectivity index (χ1n) is 8.51. The number of benzene rings is 1. The van der Waals surface area contributed by atoms with E-state index in [9.17, 15) is 18.4 Å². The van der Waals surface area contributed by atoms with Gasteiger partial charge < -0.3 is 9.47 Å². The molecule has 8 nitrogen and oxygen atoms in total. The van der Waals surface area contributed by atoms with Crippen molar-refractivity contribution < 1.29 is 27.9 Å². The summed E-state index contributed by atoms with van der Waals surface area (Å²) in [4.78, 5) is 11.1. The van der Waals surface area contributed by atoms with E-state index in [0.717, 1.165) is 11.1 Å². The van der Waals surface area contributed by atoms with E-state index in [1.807, 2.05) is 24.3 Å². The van der Waals surface area contributed by atoms with E-state index < -0.39 is 33.7 Å². The van der Waals surface area contributed by atoms with Crippen LogP contribution in [0.3, 0.4) is 0 Å². The molecule has 1 aromatic carbocycles. The molecule has 1 fully saturated rings. The molecule has 26 heavy (non-hydrogen) atoms. The fourth-order valence-electron chi connectivity index (χ4n) is 3.37. The van der Waals surface area contributed by atoms with Crippen molar-refractivity contribution in [2.75, 3.05) is 18.9 Å². The van der Waals surface area contributed by atoms with Gasteiger partial charge in [0, 0.05) is 13.1 Å². The third kappa shape index (κ3) is 4.07. The first-order chi connectivity index (χ1) is 12.2. The summed E-state index contributed by atoms with van der Waals surface area (Å²) in [5.74, 6) is -1.32. The van der Waals surface area contributed by atoms with Crippen molar-refractivity contribution in [3.63, 3.8) is 0 Å². The number of hydrogen-bond donors (Lipinski definition) is 1. The molecule has 0 aliphatic carbocycles. The van der Waals surface area contributed by atoms with E-state index >= 15 is 0 Å². The summed E-state index contributed by atoms with van der Waals surface area (Å²) < 4.78 is 38.3. The number of sulfonamides is 1.